The molecule has 1 amide bonds. The van der Waals surface area contributed by atoms with Crippen molar-refractivity contribution in [1.29, 1.82) is 0 Å². The summed E-state index contributed by atoms with van der Waals surface area (Å²) in [6.07, 6.45) is 0.442. The Morgan fingerprint density at radius 2 is 2.00 bits per heavy atom. The molecule has 1 aromatic rings. The van der Waals surface area contributed by atoms with Crippen molar-refractivity contribution >= 4 is 5.91 Å². The number of rotatable bonds is 2. The first-order valence-electron chi connectivity index (χ1n) is 6.36. The van der Waals surface area contributed by atoms with Crippen molar-refractivity contribution in [2.75, 3.05) is 6.61 Å². The first kappa shape index (κ1) is 15.3. The topological polar surface area (TPSA) is 49.3 Å². The minimum atomic E-state index is -0.260. The third-order valence-electron chi connectivity index (χ3n) is 2.30. The summed E-state index contributed by atoms with van der Waals surface area (Å²) in [5, 5.41) is 11.6. The van der Waals surface area contributed by atoms with Crippen LogP contribution >= 0.6 is 0 Å². The normalized spacial score (nSPS) is 10.6. The van der Waals surface area contributed by atoms with E-state index in [0.717, 1.165) is 11.1 Å². The molecule has 3 heteroatoms. The molecule has 0 aromatic heterocycles. The maximum atomic E-state index is 12.1. The summed E-state index contributed by atoms with van der Waals surface area (Å²) in [4.78, 5) is 12.1. The van der Waals surface area contributed by atoms with Gasteiger partial charge in [0.25, 0.3) is 5.91 Å². The zero-order valence-electron chi connectivity index (χ0n) is 12.0. The maximum absolute atomic E-state index is 12.1. The van der Waals surface area contributed by atoms with Crippen LogP contribution in [0.5, 0.6) is 0 Å². The van der Waals surface area contributed by atoms with Gasteiger partial charge in [-0.05, 0) is 51.5 Å². The number of carbonyl (C=O) groups is 1. The Labute approximate surface area is 115 Å². The highest BCUT2D eigenvalue weighted by molar-refractivity contribution is 5.95. The summed E-state index contributed by atoms with van der Waals surface area (Å²) in [6, 6.07) is 5.55. The van der Waals surface area contributed by atoms with E-state index in [1.54, 1.807) is 6.07 Å². The van der Waals surface area contributed by atoms with Crippen LogP contribution < -0.4 is 5.32 Å². The van der Waals surface area contributed by atoms with Crippen LogP contribution in [0.1, 0.15) is 48.7 Å². The van der Waals surface area contributed by atoms with Crippen LogP contribution in [-0.2, 0) is 0 Å². The predicted molar refractivity (Wildman–Crippen MR) is 77.0 cm³/mol. The van der Waals surface area contributed by atoms with E-state index in [1.165, 1.54) is 0 Å². The molecule has 0 spiro atoms. The lowest BCUT2D eigenvalue weighted by atomic mass is 10.0. The van der Waals surface area contributed by atoms with Crippen molar-refractivity contribution in [3.05, 3.63) is 34.9 Å². The van der Waals surface area contributed by atoms with Gasteiger partial charge < -0.3 is 10.4 Å². The van der Waals surface area contributed by atoms with E-state index < -0.39 is 0 Å². The molecule has 19 heavy (non-hydrogen) atoms. The van der Waals surface area contributed by atoms with Gasteiger partial charge in [-0.15, -0.1) is 0 Å². The molecule has 2 N–H and O–H groups in total. The van der Waals surface area contributed by atoms with Gasteiger partial charge in [-0.25, -0.2) is 0 Å². The van der Waals surface area contributed by atoms with Gasteiger partial charge in [-0.1, -0.05) is 11.8 Å². The average molecular weight is 259 g/mol. The summed E-state index contributed by atoms with van der Waals surface area (Å²) in [5.41, 5.74) is 2.15. The van der Waals surface area contributed by atoms with Crippen LogP contribution in [0.4, 0.5) is 0 Å². The van der Waals surface area contributed by atoms with Gasteiger partial charge in [0, 0.05) is 23.1 Å². The summed E-state index contributed by atoms with van der Waals surface area (Å²) in [5.74, 6) is 5.72. The fourth-order valence-corrected chi connectivity index (χ4v) is 1.62. The van der Waals surface area contributed by atoms with Crippen molar-refractivity contribution < 1.29 is 9.90 Å². The lowest BCUT2D eigenvalue weighted by Gasteiger charge is -2.20. The fourth-order valence-electron chi connectivity index (χ4n) is 1.62. The van der Waals surface area contributed by atoms with E-state index in [1.807, 2.05) is 39.8 Å². The maximum Gasteiger partial charge on any atom is 0.251 e. The Hall–Kier alpha value is -1.79. The third-order valence-corrected chi connectivity index (χ3v) is 2.30. The Morgan fingerprint density at radius 3 is 2.58 bits per heavy atom. The molecular weight excluding hydrogens is 238 g/mol. The SMILES string of the molecule is Cc1cc(C#CCCO)cc(C(=O)NC(C)(C)C)c1. The second-order valence-electron chi connectivity index (χ2n) is 5.57. The van der Waals surface area contributed by atoms with Crippen molar-refractivity contribution in [2.45, 2.75) is 39.7 Å². The summed E-state index contributed by atoms with van der Waals surface area (Å²) < 4.78 is 0. The first-order valence-corrected chi connectivity index (χ1v) is 6.36. The third kappa shape index (κ3) is 5.58. The van der Waals surface area contributed by atoms with Crippen LogP contribution in [0.3, 0.4) is 0 Å². The monoisotopic (exact) mass is 259 g/mol. The highest BCUT2D eigenvalue weighted by atomic mass is 16.2. The van der Waals surface area contributed by atoms with Crippen LogP contribution in [0.15, 0.2) is 18.2 Å². The molecule has 3 nitrogen and oxygen atoms in total. The van der Waals surface area contributed by atoms with Crippen LogP contribution in [-0.4, -0.2) is 23.2 Å². The van der Waals surface area contributed by atoms with E-state index in [2.05, 4.69) is 17.2 Å². The van der Waals surface area contributed by atoms with E-state index >= 15 is 0 Å². The molecule has 0 saturated carbocycles. The molecule has 1 rings (SSSR count). The molecule has 0 unspecified atom stereocenters. The smallest absolute Gasteiger partial charge is 0.251 e. The van der Waals surface area contributed by atoms with Gasteiger partial charge in [0.05, 0.1) is 6.61 Å². The number of nitrogens with one attached hydrogen (secondary N) is 1. The largest absolute Gasteiger partial charge is 0.395 e. The van der Waals surface area contributed by atoms with Crippen LogP contribution in [0.2, 0.25) is 0 Å². The lowest BCUT2D eigenvalue weighted by molar-refractivity contribution is 0.0919. The molecular formula is C16H21NO2. The minimum Gasteiger partial charge on any atom is -0.395 e. The van der Waals surface area contributed by atoms with Crippen molar-refractivity contribution in [3.63, 3.8) is 0 Å². The highest BCUT2D eigenvalue weighted by Gasteiger charge is 2.15. The Balaban J connectivity index is 2.97. The number of aryl methyl sites for hydroxylation is 1. The highest BCUT2D eigenvalue weighted by Crippen LogP contribution is 2.11. The second kappa shape index (κ2) is 6.40. The Bertz CT molecular complexity index is 516. The second-order valence-corrected chi connectivity index (χ2v) is 5.57. The van der Waals surface area contributed by atoms with E-state index in [4.69, 9.17) is 5.11 Å². The van der Waals surface area contributed by atoms with Gasteiger partial charge in [-0.2, -0.15) is 0 Å². The number of aliphatic hydroxyl groups excluding tert-OH is 1. The molecule has 0 heterocycles. The van der Waals surface area contributed by atoms with Gasteiger partial charge >= 0.3 is 0 Å². The molecule has 0 fully saturated rings. The quantitative estimate of drug-likeness (QED) is 0.800. The van der Waals surface area contributed by atoms with Crippen molar-refractivity contribution in [1.82, 2.24) is 5.32 Å². The fraction of sp³-hybridized carbons (Fsp3) is 0.438. The van der Waals surface area contributed by atoms with E-state index in [9.17, 15) is 4.79 Å². The van der Waals surface area contributed by atoms with E-state index in [0.29, 0.717) is 12.0 Å². The van der Waals surface area contributed by atoms with Gasteiger partial charge in [0.1, 0.15) is 0 Å². The number of hydrogen-bond donors (Lipinski definition) is 2. The molecule has 0 atom stereocenters. The molecule has 0 aliphatic rings. The Morgan fingerprint density at radius 1 is 1.32 bits per heavy atom. The van der Waals surface area contributed by atoms with Gasteiger partial charge in [0.2, 0.25) is 0 Å². The molecule has 1 aromatic carbocycles. The van der Waals surface area contributed by atoms with Crippen LogP contribution in [0, 0.1) is 18.8 Å². The van der Waals surface area contributed by atoms with Gasteiger partial charge in [-0.3, -0.25) is 4.79 Å². The standard InChI is InChI=1S/C16H21NO2/c1-12-9-13(7-5-6-8-18)11-14(10-12)15(19)17-16(2,3)4/h9-11,18H,6,8H2,1-4H3,(H,17,19). The molecule has 0 saturated heterocycles. The number of carbonyl (C=O) groups excluding carboxylic acids is 1. The molecule has 0 radical (unpaired) electrons. The molecule has 0 bridgehead atoms. The molecule has 0 aliphatic heterocycles. The van der Waals surface area contributed by atoms with E-state index in [-0.39, 0.29) is 18.1 Å². The number of amides is 1. The molecule has 0 aliphatic carbocycles. The summed E-state index contributed by atoms with van der Waals surface area (Å²) in [6.45, 7) is 7.83. The molecule has 102 valence electrons. The lowest BCUT2D eigenvalue weighted by Crippen LogP contribution is -2.40. The summed E-state index contributed by atoms with van der Waals surface area (Å²) in [7, 11) is 0. The number of aliphatic hydroxyl groups is 1. The number of benzene rings is 1. The van der Waals surface area contributed by atoms with Gasteiger partial charge in [0.15, 0.2) is 0 Å². The first-order chi connectivity index (χ1) is 8.81. The zero-order valence-corrected chi connectivity index (χ0v) is 12.0. The van der Waals surface area contributed by atoms with Crippen molar-refractivity contribution in [3.8, 4) is 11.8 Å². The predicted octanol–water partition coefficient (Wildman–Crippen LogP) is 2.26. The zero-order chi connectivity index (χ0) is 14.5. The average Bonchev–Trinajstić information content (AvgIpc) is 2.26. The number of hydrogen-bond acceptors (Lipinski definition) is 2. The van der Waals surface area contributed by atoms with Crippen LogP contribution in [0.25, 0.3) is 0 Å². The van der Waals surface area contributed by atoms with Crippen molar-refractivity contribution in [2.24, 2.45) is 0 Å². The minimum absolute atomic E-state index is 0.0518. The summed E-state index contributed by atoms with van der Waals surface area (Å²) >= 11 is 0. The Kier molecular flexibility index (Phi) is 5.14.